The standard InChI is InChI=1S/C30H32Cl2FN3O6S/c1-4-26(30(38)34-19(2)3)35(17-20-5-6-21(31)15-25(20)32)29(37)18-36(23-9-7-22(33)8-10-23)43(39,40)24-11-12-27-28(16-24)42-14-13-41-27/h5-12,15-16,19,26H,4,13-14,17-18H2,1-3H3,(H,34,38). The molecule has 1 atom stereocenters. The van der Waals surface area contributed by atoms with Crippen LogP contribution in [0.5, 0.6) is 11.5 Å². The van der Waals surface area contributed by atoms with E-state index in [4.69, 9.17) is 32.7 Å². The van der Waals surface area contributed by atoms with E-state index in [0.717, 1.165) is 16.4 Å². The molecule has 0 saturated carbocycles. The van der Waals surface area contributed by atoms with Crippen molar-refractivity contribution >= 4 is 50.7 Å². The summed E-state index contributed by atoms with van der Waals surface area (Å²) < 4.78 is 54.0. The lowest BCUT2D eigenvalue weighted by molar-refractivity contribution is -0.140. The van der Waals surface area contributed by atoms with Crippen molar-refractivity contribution in [3.05, 3.63) is 82.1 Å². The molecule has 0 spiro atoms. The van der Waals surface area contributed by atoms with Crippen LogP contribution in [-0.2, 0) is 26.2 Å². The third-order valence-electron chi connectivity index (χ3n) is 6.67. The average Bonchev–Trinajstić information content (AvgIpc) is 2.96. The quantitative estimate of drug-likeness (QED) is 0.296. The number of fused-ring (bicyclic) bond motifs is 1. The van der Waals surface area contributed by atoms with Gasteiger partial charge in [-0.2, -0.15) is 0 Å². The van der Waals surface area contributed by atoms with E-state index in [1.165, 1.54) is 41.3 Å². The van der Waals surface area contributed by atoms with Crippen molar-refractivity contribution in [2.24, 2.45) is 0 Å². The Morgan fingerprint density at radius 2 is 1.65 bits per heavy atom. The summed E-state index contributed by atoms with van der Waals surface area (Å²) in [5.41, 5.74) is 0.562. The molecule has 3 aromatic carbocycles. The normalized spacial score (nSPS) is 13.4. The molecule has 3 aromatic rings. The summed E-state index contributed by atoms with van der Waals surface area (Å²) in [6.07, 6.45) is 0.237. The number of hydrogen-bond donors (Lipinski definition) is 1. The molecule has 4 rings (SSSR count). The van der Waals surface area contributed by atoms with Crippen LogP contribution in [0.25, 0.3) is 0 Å². The van der Waals surface area contributed by atoms with Crippen molar-refractivity contribution in [3.63, 3.8) is 0 Å². The molecule has 43 heavy (non-hydrogen) atoms. The molecule has 9 nitrogen and oxygen atoms in total. The maximum atomic E-state index is 14.1. The molecule has 230 valence electrons. The Balaban J connectivity index is 1.76. The fourth-order valence-corrected chi connectivity index (χ4v) is 6.48. The van der Waals surface area contributed by atoms with Gasteiger partial charge in [0.25, 0.3) is 10.0 Å². The molecule has 1 aliphatic rings. The van der Waals surface area contributed by atoms with E-state index in [0.29, 0.717) is 22.9 Å². The zero-order valence-electron chi connectivity index (χ0n) is 23.8. The van der Waals surface area contributed by atoms with Gasteiger partial charge in [0.15, 0.2) is 11.5 Å². The minimum absolute atomic E-state index is 0.0498. The molecule has 2 amide bonds. The largest absolute Gasteiger partial charge is 0.486 e. The zero-order valence-corrected chi connectivity index (χ0v) is 26.2. The molecule has 1 aliphatic heterocycles. The van der Waals surface area contributed by atoms with Crippen molar-refractivity contribution < 1.29 is 31.9 Å². The van der Waals surface area contributed by atoms with Gasteiger partial charge in [-0.1, -0.05) is 36.2 Å². The summed E-state index contributed by atoms with van der Waals surface area (Å²) >= 11 is 12.5. The lowest BCUT2D eigenvalue weighted by Gasteiger charge is -2.33. The van der Waals surface area contributed by atoms with Gasteiger partial charge in [0.2, 0.25) is 11.8 Å². The highest BCUT2D eigenvalue weighted by Crippen LogP contribution is 2.34. The van der Waals surface area contributed by atoms with Crippen molar-refractivity contribution in [2.45, 2.75) is 50.7 Å². The number of carbonyl (C=O) groups excluding carboxylic acids is 2. The van der Waals surface area contributed by atoms with Crippen LogP contribution < -0.4 is 19.1 Å². The van der Waals surface area contributed by atoms with E-state index < -0.39 is 40.2 Å². The highest BCUT2D eigenvalue weighted by Gasteiger charge is 2.34. The van der Waals surface area contributed by atoms with Crippen molar-refractivity contribution in [1.29, 1.82) is 0 Å². The maximum absolute atomic E-state index is 14.1. The Kier molecular flexibility index (Phi) is 10.4. The lowest BCUT2D eigenvalue weighted by Crippen LogP contribution is -2.53. The van der Waals surface area contributed by atoms with Gasteiger partial charge >= 0.3 is 0 Å². The number of sulfonamides is 1. The van der Waals surface area contributed by atoms with Gasteiger partial charge in [-0.15, -0.1) is 0 Å². The Bertz CT molecular complexity index is 1590. The van der Waals surface area contributed by atoms with E-state index >= 15 is 0 Å². The molecule has 0 bridgehead atoms. The van der Waals surface area contributed by atoms with Gasteiger partial charge in [-0.25, -0.2) is 12.8 Å². The number of nitrogens with zero attached hydrogens (tertiary/aromatic N) is 2. The van der Waals surface area contributed by atoms with Crippen LogP contribution in [0.1, 0.15) is 32.8 Å². The van der Waals surface area contributed by atoms with Gasteiger partial charge in [-0.3, -0.25) is 13.9 Å². The molecule has 0 saturated heterocycles. The third-order valence-corrected chi connectivity index (χ3v) is 9.02. The second kappa shape index (κ2) is 13.8. The molecule has 1 unspecified atom stereocenters. The fourth-order valence-electron chi connectivity index (χ4n) is 4.58. The van der Waals surface area contributed by atoms with Crippen LogP contribution in [-0.4, -0.2) is 57.0 Å². The van der Waals surface area contributed by atoms with Crippen molar-refractivity contribution in [1.82, 2.24) is 10.2 Å². The lowest BCUT2D eigenvalue weighted by atomic mass is 10.1. The predicted molar refractivity (Wildman–Crippen MR) is 163 cm³/mol. The topological polar surface area (TPSA) is 105 Å². The smallest absolute Gasteiger partial charge is 0.264 e. The Labute approximate surface area is 260 Å². The van der Waals surface area contributed by atoms with Gasteiger partial charge in [0, 0.05) is 28.7 Å². The summed E-state index contributed by atoms with van der Waals surface area (Å²) in [6, 6.07) is 12.5. The summed E-state index contributed by atoms with van der Waals surface area (Å²) in [5.74, 6) is -1.03. The number of rotatable bonds is 11. The Hall–Kier alpha value is -3.54. The number of amides is 2. The first-order chi connectivity index (χ1) is 20.4. The van der Waals surface area contributed by atoms with Gasteiger partial charge < -0.3 is 19.7 Å². The molecular weight excluding hydrogens is 620 g/mol. The molecule has 1 heterocycles. The number of hydrogen-bond acceptors (Lipinski definition) is 6. The number of nitrogens with one attached hydrogen (secondary N) is 1. The molecule has 0 aromatic heterocycles. The summed E-state index contributed by atoms with van der Waals surface area (Å²) in [5, 5.41) is 3.50. The van der Waals surface area contributed by atoms with Crippen molar-refractivity contribution in [2.75, 3.05) is 24.1 Å². The van der Waals surface area contributed by atoms with Gasteiger partial charge in [0.1, 0.15) is 31.6 Å². The minimum atomic E-state index is -4.40. The number of anilines is 1. The second-order valence-corrected chi connectivity index (χ2v) is 12.8. The number of benzene rings is 3. The Morgan fingerprint density at radius 1 is 0.977 bits per heavy atom. The minimum Gasteiger partial charge on any atom is -0.486 e. The van der Waals surface area contributed by atoms with Crippen LogP contribution in [0.4, 0.5) is 10.1 Å². The van der Waals surface area contributed by atoms with Crippen LogP contribution in [0.2, 0.25) is 10.0 Å². The molecule has 1 N–H and O–H groups in total. The molecule has 13 heteroatoms. The third kappa shape index (κ3) is 7.70. The second-order valence-electron chi connectivity index (χ2n) is 10.1. The van der Waals surface area contributed by atoms with E-state index in [9.17, 15) is 22.4 Å². The predicted octanol–water partition coefficient (Wildman–Crippen LogP) is 5.43. The summed E-state index contributed by atoms with van der Waals surface area (Å²) in [4.78, 5) is 28.5. The highest BCUT2D eigenvalue weighted by molar-refractivity contribution is 7.92. The molecular formula is C30H32Cl2FN3O6S. The van der Waals surface area contributed by atoms with E-state index in [1.54, 1.807) is 32.9 Å². The first-order valence-corrected chi connectivity index (χ1v) is 15.8. The van der Waals surface area contributed by atoms with Gasteiger partial charge in [-0.05, 0) is 74.4 Å². The fraction of sp³-hybridized carbons (Fsp3) is 0.333. The summed E-state index contributed by atoms with van der Waals surface area (Å²) in [7, 11) is -4.40. The molecule has 0 aliphatic carbocycles. The van der Waals surface area contributed by atoms with Crippen LogP contribution in [0.15, 0.2) is 65.6 Å². The summed E-state index contributed by atoms with van der Waals surface area (Å²) in [6.45, 7) is 5.12. The Morgan fingerprint density at radius 3 is 2.28 bits per heavy atom. The van der Waals surface area contributed by atoms with Crippen LogP contribution in [0.3, 0.4) is 0 Å². The zero-order chi connectivity index (χ0) is 31.3. The SMILES string of the molecule is CCC(C(=O)NC(C)C)N(Cc1ccc(Cl)cc1Cl)C(=O)CN(c1ccc(F)cc1)S(=O)(=O)c1ccc2c(c1)OCCO2. The van der Waals surface area contributed by atoms with E-state index in [1.807, 2.05) is 0 Å². The number of halogens is 3. The number of ether oxygens (including phenoxy) is 2. The van der Waals surface area contributed by atoms with Crippen molar-refractivity contribution in [3.8, 4) is 11.5 Å². The van der Waals surface area contributed by atoms with E-state index in [2.05, 4.69) is 5.32 Å². The number of carbonyl (C=O) groups is 2. The molecule has 0 radical (unpaired) electrons. The highest BCUT2D eigenvalue weighted by atomic mass is 35.5. The maximum Gasteiger partial charge on any atom is 0.264 e. The van der Waals surface area contributed by atoms with Crippen LogP contribution in [0, 0.1) is 5.82 Å². The van der Waals surface area contributed by atoms with Crippen LogP contribution >= 0.6 is 23.2 Å². The van der Waals surface area contributed by atoms with E-state index in [-0.39, 0.29) is 47.0 Å². The molecule has 0 fully saturated rings. The van der Waals surface area contributed by atoms with Gasteiger partial charge in [0.05, 0.1) is 10.6 Å². The monoisotopic (exact) mass is 651 g/mol. The first-order valence-electron chi connectivity index (χ1n) is 13.6. The first kappa shape index (κ1) is 32.4. The average molecular weight is 653 g/mol.